The van der Waals surface area contributed by atoms with Gasteiger partial charge < -0.3 is 5.32 Å². The first-order valence-electron chi connectivity index (χ1n) is 6.86. The van der Waals surface area contributed by atoms with E-state index in [1.807, 2.05) is 7.05 Å². The van der Waals surface area contributed by atoms with Gasteiger partial charge in [0, 0.05) is 12.6 Å². The highest BCUT2D eigenvalue weighted by Crippen LogP contribution is 2.09. The van der Waals surface area contributed by atoms with Crippen LogP contribution in [0.1, 0.15) is 47.5 Å². The van der Waals surface area contributed by atoms with E-state index in [1.165, 1.54) is 25.9 Å². The van der Waals surface area contributed by atoms with E-state index in [9.17, 15) is 0 Å². The van der Waals surface area contributed by atoms with E-state index in [-0.39, 0.29) is 0 Å². The van der Waals surface area contributed by atoms with E-state index in [2.05, 4.69) is 44.8 Å². The fourth-order valence-corrected chi connectivity index (χ4v) is 1.83. The zero-order valence-corrected chi connectivity index (χ0v) is 12.2. The Morgan fingerprint density at radius 1 is 0.875 bits per heavy atom. The van der Waals surface area contributed by atoms with Crippen LogP contribution < -0.4 is 5.32 Å². The summed E-state index contributed by atoms with van der Waals surface area (Å²) in [7, 11) is 2.04. The second kappa shape index (κ2) is 9.00. The normalized spacial score (nSPS) is 14.1. The molecule has 0 fully saturated rings. The van der Waals surface area contributed by atoms with Crippen LogP contribution in [0.25, 0.3) is 0 Å². The molecule has 98 valence electrons. The van der Waals surface area contributed by atoms with Gasteiger partial charge in [0.15, 0.2) is 0 Å². The Hall–Kier alpha value is -0.0800. The Balaban J connectivity index is 4.04. The van der Waals surface area contributed by atoms with Gasteiger partial charge in [0.05, 0.1) is 0 Å². The molecule has 0 heterocycles. The molecule has 0 saturated heterocycles. The van der Waals surface area contributed by atoms with Crippen molar-refractivity contribution < 1.29 is 0 Å². The van der Waals surface area contributed by atoms with Gasteiger partial charge in [-0.1, -0.05) is 27.7 Å². The van der Waals surface area contributed by atoms with Crippen molar-refractivity contribution in [3.63, 3.8) is 0 Å². The van der Waals surface area contributed by atoms with Crippen LogP contribution in [0.3, 0.4) is 0 Å². The van der Waals surface area contributed by atoms with Gasteiger partial charge in [-0.3, -0.25) is 4.90 Å². The van der Waals surface area contributed by atoms with Crippen LogP contribution in [-0.4, -0.2) is 37.6 Å². The second-order valence-corrected chi connectivity index (χ2v) is 5.81. The Bertz CT molecular complexity index is 143. The number of hydrogen-bond acceptors (Lipinski definition) is 2. The minimum Gasteiger partial charge on any atom is -0.318 e. The molecular formula is C14H32N2. The van der Waals surface area contributed by atoms with Gasteiger partial charge in [-0.25, -0.2) is 0 Å². The Kier molecular flexibility index (Phi) is 8.96. The molecule has 0 aromatic heterocycles. The van der Waals surface area contributed by atoms with Crippen LogP contribution >= 0.6 is 0 Å². The van der Waals surface area contributed by atoms with Gasteiger partial charge in [-0.15, -0.1) is 0 Å². The largest absolute Gasteiger partial charge is 0.318 e. The molecule has 0 aliphatic rings. The van der Waals surface area contributed by atoms with Gasteiger partial charge in [-0.05, 0) is 51.7 Å². The molecule has 1 atom stereocenters. The zero-order chi connectivity index (χ0) is 12.6. The molecule has 0 bridgehead atoms. The highest BCUT2D eigenvalue weighted by molar-refractivity contribution is 4.70. The summed E-state index contributed by atoms with van der Waals surface area (Å²) in [5.74, 6) is 1.62. The zero-order valence-electron chi connectivity index (χ0n) is 12.2. The highest BCUT2D eigenvalue weighted by atomic mass is 15.2. The number of nitrogens with one attached hydrogen (secondary N) is 1. The van der Waals surface area contributed by atoms with E-state index in [0.717, 1.165) is 18.4 Å². The fourth-order valence-electron chi connectivity index (χ4n) is 1.83. The van der Waals surface area contributed by atoms with Gasteiger partial charge in [0.25, 0.3) is 0 Å². The molecule has 16 heavy (non-hydrogen) atoms. The van der Waals surface area contributed by atoms with Crippen LogP contribution in [0.15, 0.2) is 0 Å². The molecule has 0 spiro atoms. The minimum absolute atomic E-state index is 0.655. The molecule has 0 aliphatic heterocycles. The maximum absolute atomic E-state index is 3.28. The predicted octanol–water partition coefficient (Wildman–Crippen LogP) is 2.99. The highest BCUT2D eigenvalue weighted by Gasteiger charge is 2.13. The molecule has 2 nitrogen and oxygen atoms in total. The summed E-state index contributed by atoms with van der Waals surface area (Å²) in [4.78, 5) is 2.64. The van der Waals surface area contributed by atoms with Crippen molar-refractivity contribution in [2.75, 3.05) is 26.7 Å². The number of rotatable bonds is 9. The summed E-state index contributed by atoms with van der Waals surface area (Å²) in [5, 5.41) is 3.28. The van der Waals surface area contributed by atoms with E-state index < -0.39 is 0 Å². The summed E-state index contributed by atoms with van der Waals surface area (Å²) in [6, 6.07) is 0.655. The van der Waals surface area contributed by atoms with Crippen LogP contribution in [0.5, 0.6) is 0 Å². The molecule has 1 unspecified atom stereocenters. The van der Waals surface area contributed by atoms with Crippen molar-refractivity contribution in [1.29, 1.82) is 0 Å². The molecule has 0 aromatic rings. The molecule has 0 radical (unpaired) electrons. The van der Waals surface area contributed by atoms with Crippen molar-refractivity contribution in [3.05, 3.63) is 0 Å². The van der Waals surface area contributed by atoms with Gasteiger partial charge in [0.2, 0.25) is 0 Å². The maximum Gasteiger partial charge on any atom is 0.0192 e. The SMILES string of the molecule is CNCC(C)N(CCC(C)C)CCC(C)C. The maximum atomic E-state index is 3.28. The topological polar surface area (TPSA) is 15.3 Å². The summed E-state index contributed by atoms with van der Waals surface area (Å²) < 4.78 is 0. The summed E-state index contributed by atoms with van der Waals surface area (Å²) in [5.41, 5.74) is 0. The van der Waals surface area contributed by atoms with Crippen molar-refractivity contribution in [1.82, 2.24) is 10.2 Å². The van der Waals surface area contributed by atoms with Crippen molar-refractivity contribution in [2.24, 2.45) is 11.8 Å². The molecule has 0 aromatic carbocycles. The second-order valence-electron chi connectivity index (χ2n) is 5.81. The van der Waals surface area contributed by atoms with E-state index in [4.69, 9.17) is 0 Å². The molecule has 1 N–H and O–H groups in total. The van der Waals surface area contributed by atoms with Crippen molar-refractivity contribution in [3.8, 4) is 0 Å². The molecule has 0 aliphatic carbocycles. The lowest BCUT2D eigenvalue weighted by Crippen LogP contribution is -2.41. The molecule has 0 saturated carbocycles. The molecule has 2 heteroatoms. The lowest BCUT2D eigenvalue weighted by atomic mass is 10.1. The molecule has 0 amide bonds. The molecule has 0 rings (SSSR count). The lowest BCUT2D eigenvalue weighted by molar-refractivity contribution is 0.186. The first kappa shape index (κ1) is 15.9. The quantitative estimate of drug-likeness (QED) is 0.652. The number of hydrogen-bond donors (Lipinski definition) is 1. The van der Waals surface area contributed by atoms with Gasteiger partial charge >= 0.3 is 0 Å². The van der Waals surface area contributed by atoms with Gasteiger partial charge in [-0.2, -0.15) is 0 Å². The van der Waals surface area contributed by atoms with Crippen LogP contribution in [0.2, 0.25) is 0 Å². The van der Waals surface area contributed by atoms with E-state index in [1.54, 1.807) is 0 Å². The number of nitrogens with zero attached hydrogens (tertiary/aromatic N) is 1. The first-order valence-corrected chi connectivity index (χ1v) is 6.86. The van der Waals surface area contributed by atoms with Crippen molar-refractivity contribution in [2.45, 2.75) is 53.5 Å². The monoisotopic (exact) mass is 228 g/mol. The van der Waals surface area contributed by atoms with E-state index in [0.29, 0.717) is 6.04 Å². The average molecular weight is 228 g/mol. The summed E-state index contributed by atoms with van der Waals surface area (Å²) in [6.45, 7) is 15.1. The minimum atomic E-state index is 0.655. The fraction of sp³-hybridized carbons (Fsp3) is 1.00. The smallest absolute Gasteiger partial charge is 0.0192 e. The Morgan fingerprint density at radius 2 is 1.31 bits per heavy atom. The average Bonchev–Trinajstić information content (AvgIpc) is 2.17. The Morgan fingerprint density at radius 3 is 1.62 bits per heavy atom. The Labute approximate surface area is 103 Å². The third-order valence-corrected chi connectivity index (χ3v) is 3.11. The third kappa shape index (κ3) is 8.12. The van der Waals surface area contributed by atoms with Crippen LogP contribution in [0, 0.1) is 11.8 Å². The van der Waals surface area contributed by atoms with Crippen LogP contribution in [-0.2, 0) is 0 Å². The number of likely N-dealkylation sites (N-methyl/N-ethyl adjacent to an activating group) is 1. The predicted molar refractivity (Wildman–Crippen MR) is 73.9 cm³/mol. The van der Waals surface area contributed by atoms with Crippen LogP contribution in [0.4, 0.5) is 0 Å². The molecular weight excluding hydrogens is 196 g/mol. The van der Waals surface area contributed by atoms with E-state index >= 15 is 0 Å². The van der Waals surface area contributed by atoms with Crippen molar-refractivity contribution >= 4 is 0 Å². The van der Waals surface area contributed by atoms with Gasteiger partial charge in [0.1, 0.15) is 0 Å². The summed E-state index contributed by atoms with van der Waals surface area (Å²) >= 11 is 0. The first-order chi connectivity index (χ1) is 7.47. The summed E-state index contributed by atoms with van der Waals surface area (Å²) in [6.07, 6.45) is 2.62. The lowest BCUT2D eigenvalue weighted by Gasteiger charge is -2.30. The standard InChI is InChI=1S/C14H32N2/c1-12(2)7-9-16(10-8-13(3)4)14(5)11-15-6/h12-15H,7-11H2,1-6H3. The third-order valence-electron chi connectivity index (χ3n) is 3.11.